The average molecular weight is 293 g/mol. The molecule has 1 aromatic heterocycles. The van der Waals surface area contributed by atoms with Crippen LogP contribution in [0.2, 0.25) is 0 Å². The lowest BCUT2D eigenvalue weighted by molar-refractivity contribution is -1.01. The van der Waals surface area contributed by atoms with Crippen LogP contribution in [0.4, 0.5) is 5.69 Å². The lowest BCUT2D eigenvalue weighted by Gasteiger charge is -2.33. The zero-order valence-electron chi connectivity index (χ0n) is 12.1. The minimum atomic E-state index is -1.16. The maximum atomic E-state index is 12.0. The first-order valence-electron chi connectivity index (χ1n) is 7.13. The monoisotopic (exact) mass is 293 g/mol. The highest BCUT2D eigenvalue weighted by Crippen LogP contribution is 2.03. The number of carbonyl (C=O) groups is 2. The Morgan fingerprint density at radius 2 is 2.10 bits per heavy atom. The SMILES string of the molecule is C[NH+]1CC[NH+]([C@H](CC(=O)Nc2cccnc2)C(=O)[O-])CC1. The van der Waals surface area contributed by atoms with Crippen LogP contribution in [0.1, 0.15) is 6.42 Å². The number of rotatable bonds is 5. The molecule has 1 fully saturated rings. The Morgan fingerprint density at radius 3 is 2.67 bits per heavy atom. The van der Waals surface area contributed by atoms with Crippen molar-refractivity contribution in [2.24, 2.45) is 0 Å². The number of nitrogens with zero attached hydrogens (tertiary/aromatic N) is 1. The van der Waals surface area contributed by atoms with Gasteiger partial charge in [0.1, 0.15) is 32.2 Å². The van der Waals surface area contributed by atoms with Gasteiger partial charge < -0.3 is 25.0 Å². The molecular formula is C14H21N4O3+. The van der Waals surface area contributed by atoms with Gasteiger partial charge in [-0.15, -0.1) is 0 Å². The summed E-state index contributed by atoms with van der Waals surface area (Å²) in [5, 5.41) is 14.0. The lowest BCUT2D eigenvalue weighted by Crippen LogP contribution is -3.29. The van der Waals surface area contributed by atoms with E-state index in [1.54, 1.807) is 18.3 Å². The van der Waals surface area contributed by atoms with E-state index in [-0.39, 0.29) is 12.3 Å². The zero-order valence-corrected chi connectivity index (χ0v) is 12.1. The number of piperazine rings is 1. The highest BCUT2D eigenvalue weighted by Gasteiger charge is 2.30. The first kappa shape index (κ1) is 15.4. The van der Waals surface area contributed by atoms with Gasteiger partial charge in [-0.25, -0.2) is 0 Å². The van der Waals surface area contributed by atoms with E-state index in [0.29, 0.717) is 5.69 Å². The number of carbonyl (C=O) groups excluding carboxylic acids is 2. The van der Waals surface area contributed by atoms with Crippen molar-refractivity contribution in [3.8, 4) is 0 Å². The lowest BCUT2D eigenvalue weighted by atomic mass is 10.1. The van der Waals surface area contributed by atoms with Crippen LogP contribution in [0.3, 0.4) is 0 Å². The molecule has 0 bridgehead atoms. The molecule has 7 heteroatoms. The second-order valence-corrected chi connectivity index (χ2v) is 5.48. The van der Waals surface area contributed by atoms with Crippen molar-refractivity contribution < 1.29 is 24.5 Å². The van der Waals surface area contributed by atoms with Gasteiger partial charge in [0.15, 0.2) is 0 Å². The van der Waals surface area contributed by atoms with Crippen LogP contribution in [0, 0.1) is 0 Å². The topological polar surface area (TPSA) is 91.0 Å². The maximum absolute atomic E-state index is 12.0. The number of quaternary nitrogens is 2. The van der Waals surface area contributed by atoms with E-state index in [0.717, 1.165) is 31.1 Å². The number of carboxylic acids is 1. The minimum Gasteiger partial charge on any atom is -0.544 e. The third kappa shape index (κ3) is 4.51. The molecule has 1 saturated heterocycles. The van der Waals surface area contributed by atoms with Crippen LogP contribution in [0.5, 0.6) is 0 Å². The number of carboxylic acid groups (broad SMARTS) is 1. The van der Waals surface area contributed by atoms with Crippen molar-refractivity contribution >= 4 is 17.6 Å². The first-order valence-corrected chi connectivity index (χ1v) is 7.13. The van der Waals surface area contributed by atoms with Crippen LogP contribution in [0.15, 0.2) is 24.5 Å². The van der Waals surface area contributed by atoms with Gasteiger partial charge in [0, 0.05) is 6.20 Å². The average Bonchev–Trinajstić information content (AvgIpc) is 2.47. The smallest absolute Gasteiger partial charge is 0.230 e. The van der Waals surface area contributed by atoms with E-state index >= 15 is 0 Å². The summed E-state index contributed by atoms with van der Waals surface area (Å²) in [6.07, 6.45) is 3.06. The van der Waals surface area contributed by atoms with Crippen LogP contribution in [0.25, 0.3) is 0 Å². The summed E-state index contributed by atoms with van der Waals surface area (Å²) in [5.74, 6) is -1.48. The molecule has 0 radical (unpaired) electrons. The molecule has 114 valence electrons. The van der Waals surface area contributed by atoms with Crippen molar-refractivity contribution in [2.45, 2.75) is 12.5 Å². The van der Waals surface area contributed by atoms with Crippen molar-refractivity contribution in [1.29, 1.82) is 0 Å². The molecule has 7 nitrogen and oxygen atoms in total. The van der Waals surface area contributed by atoms with Gasteiger partial charge in [-0.05, 0) is 12.1 Å². The molecule has 0 spiro atoms. The molecule has 0 aromatic carbocycles. The molecule has 0 unspecified atom stereocenters. The van der Waals surface area contributed by atoms with Crippen molar-refractivity contribution in [2.75, 3.05) is 38.5 Å². The highest BCUT2D eigenvalue weighted by molar-refractivity contribution is 5.93. The Balaban J connectivity index is 1.93. The first-order chi connectivity index (χ1) is 10.1. The molecular weight excluding hydrogens is 272 g/mol. The number of hydrogen-bond acceptors (Lipinski definition) is 4. The standard InChI is InChI=1S/C14H20N4O3/c1-17-5-7-18(8-6-17)12(14(20)21)9-13(19)16-11-3-2-4-15-10-11/h2-4,10,12H,5-9H2,1H3,(H,16,19)(H,20,21)/p+1/t12-/m1/s1. The fraction of sp³-hybridized carbons (Fsp3) is 0.500. The molecule has 2 rings (SSSR count). The van der Waals surface area contributed by atoms with E-state index < -0.39 is 12.0 Å². The molecule has 2 heterocycles. The number of pyridine rings is 1. The van der Waals surface area contributed by atoms with Crippen molar-refractivity contribution in [3.63, 3.8) is 0 Å². The van der Waals surface area contributed by atoms with Crippen molar-refractivity contribution in [3.05, 3.63) is 24.5 Å². The summed E-state index contributed by atoms with van der Waals surface area (Å²) in [6, 6.07) is 2.63. The van der Waals surface area contributed by atoms with Gasteiger partial charge in [0.25, 0.3) is 0 Å². The molecule has 1 aliphatic heterocycles. The summed E-state index contributed by atoms with van der Waals surface area (Å²) in [5.41, 5.74) is 0.567. The van der Waals surface area contributed by atoms with E-state index in [1.807, 2.05) is 0 Å². The number of aromatic nitrogens is 1. The van der Waals surface area contributed by atoms with Gasteiger partial charge >= 0.3 is 0 Å². The Bertz CT molecular complexity index is 486. The van der Waals surface area contributed by atoms with Gasteiger partial charge in [-0.2, -0.15) is 0 Å². The molecule has 0 saturated carbocycles. The quantitative estimate of drug-likeness (QED) is 0.515. The summed E-state index contributed by atoms with van der Waals surface area (Å²) in [4.78, 5) is 29.5. The van der Waals surface area contributed by atoms with E-state index in [2.05, 4.69) is 17.3 Å². The molecule has 1 aliphatic rings. The second kappa shape index (κ2) is 7.14. The van der Waals surface area contributed by atoms with Gasteiger partial charge in [0.05, 0.1) is 31.3 Å². The molecule has 1 atom stereocenters. The van der Waals surface area contributed by atoms with E-state index in [9.17, 15) is 14.7 Å². The zero-order chi connectivity index (χ0) is 15.2. The van der Waals surface area contributed by atoms with Crippen LogP contribution >= 0.6 is 0 Å². The van der Waals surface area contributed by atoms with Crippen molar-refractivity contribution in [1.82, 2.24) is 4.98 Å². The van der Waals surface area contributed by atoms with Crippen LogP contribution < -0.4 is 20.2 Å². The fourth-order valence-electron chi connectivity index (χ4n) is 2.57. The summed E-state index contributed by atoms with van der Waals surface area (Å²) >= 11 is 0. The third-order valence-corrected chi connectivity index (χ3v) is 3.86. The van der Waals surface area contributed by atoms with Gasteiger partial charge in [-0.3, -0.25) is 9.78 Å². The predicted molar refractivity (Wildman–Crippen MR) is 73.6 cm³/mol. The third-order valence-electron chi connectivity index (χ3n) is 3.86. The van der Waals surface area contributed by atoms with E-state index in [1.165, 1.54) is 11.1 Å². The highest BCUT2D eigenvalue weighted by atomic mass is 16.4. The minimum absolute atomic E-state index is 0.0778. The summed E-state index contributed by atoms with van der Waals surface area (Å²) in [6.45, 7) is 3.29. The Kier molecular flexibility index (Phi) is 5.24. The largest absolute Gasteiger partial charge is 0.544 e. The number of hydrogen-bond donors (Lipinski definition) is 3. The Morgan fingerprint density at radius 1 is 1.38 bits per heavy atom. The van der Waals surface area contributed by atoms with E-state index in [4.69, 9.17) is 0 Å². The Labute approximate surface area is 123 Å². The van der Waals surface area contributed by atoms with Crippen LogP contribution in [-0.2, 0) is 9.59 Å². The number of nitrogens with one attached hydrogen (secondary N) is 3. The number of likely N-dealkylation sites (N-methyl/N-ethyl adjacent to an activating group) is 1. The fourth-order valence-corrected chi connectivity index (χ4v) is 2.57. The molecule has 0 aliphatic carbocycles. The number of amides is 1. The Hall–Kier alpha value is -1.99. The molecule has 21 heavy (non-hydrogen) atoms. The number of anilines is 1. The number of aliphatic carboxylic acids is 1. The second-order valence-electron chi connectivity index (χ2n) is 5.48. The van der Waals surface area contributed by atoms with Gasteiger partial charge in [-0.1, -0.05) is 0 Å². The molecule has 1 amide bonds. The van der Waals surface area contributed by atoms with Gasteiger partial charge in [0.2, 0.25) is 5.91 Å². The summed E-state index contributed by atoms with van der Waals surface area (Å²) < 4.78 is 0. The molecule has 3 N–H and O–H groups in total. The normalized spacial score (nSPS) is 23.3. The summed E-state index contributed by atoms with van der Waals surface area (Å²) in [7, 11) is 2.08. The predicted octanol–water partition coefficient (Wildman–Crippen LogP) is -4.06. The maximum Gasteiger partial charge on any atom is 0.230 e. The molecule has 1 aromatic rings. The van der Waals surface area contributed by atoms with Crippen LogP contribution in [-0.4, -0.2) is 56.1 Å².